The second-order valence-electron chi connectivity index (χ2n) is 6.94. The Labute approximate surface area is 127 Å². The molecule has 0 aromatic heterocycles. The maximum absolute atomic E-state index is 12.6. The van der Waals surface area contributed by atoms with Crippen LogP contribution in [0.3, 0.4) is 0 Å². The van der Waals surface area contributed by atoms with E-state index in [0.29, 0.717) is 6.04 Å². The van der Waals surface area contributed by atoms with E-state index in [1.807, 2.05) is 13.8 Å². The number of carbonyl (C=O) groups excluding carboxylic acids is 1. The van der Waals surface area contributed by atoms with E-state index in [4.69, 9.17) is 0 Å². The molecule has 1 saturated heterocycles. The highest BCUT2D eigenvalue weighted by atomic mass is 16.1. The molecular weight excluding hydrogens is 260 g/mol. The van der Waals surface area contributed by atoms with E-state index in [1.165, 1.54) is 18.5 Å². The summed E-state index contributed by atoms with van der Waals surface area (Å²) in [5.41, 5.74) is 4.26. The van der Waals surface area contributed by atoms with Gasteiger partial charge < -0.3 is 10.6 Å². The van der Waals surface area contributed by atoms with E-state index in [2.05, 4.69) is 29.7 Å². The minimum atomic E-state index is 0.111. The van der Waals surface area contributed by atoms with Gasteiger partial charge in [0.15, 0.2) is 0 Å². The van der Waals surface area contributed by atoms with Crippen molar-refractivity contribution in [2.75, 3.05) is 13.1 Å². The minimum absolute atomic E-state index is 0.111. The number of aryl methyl sites for hydroxylation is 3. The number of rotatable bonds is 2. The molecule has 1 aliphatic heterocycles. The molecule has 1 unspecified atom stereocenters. The van der Waals surface area contributed by atoms with Crippen molar-refractivity contribution in [2.24, 2.45) is 11.8 Å². The molecule has 0 bridgehead atoms. The van der Waals surface area contributed by atoms with Gasteiger partial charge in [-0.25, -0.2) is 0 Å². The SMILES string of the molecule is Cc1cc(C)c(C(=O)NC2CC[C@H]3CNC[C@H]3C2)c(C)c1. The number of amides is 1. The van der Waals surface area contributed by atoms with Gasteiger partial charge in [-0.3, -0.25) is 4.79 Å². The van der Waals surface area contributed by atoms with Crippen LogP contribution >= 0.6 is 0 Å². The second kappa shape index (κ2) is 5.80. The first kappa shape index (κ1) is 14.6. The van der Waals surface area contributed by atoms with Gasteiger partial charge in [-0.05, 0) is 76.1 Å². The van der Waals surface area contributed by atoms with Crippen LogP contribution in [0.4, 0.5) is 0 Å². The quantitative estimate of drug-likeness (QED) is 0.877. The molecule has 2 aliphatic rings. The van der Waals surface area contributed by atoms with Crippen molar-refractivity contribution in [1.29, 1.82) is 0 Å². The molecule has 1 aromatic carbocycles. The fourth-order valence-electron chi connectivity index (χ4n) is 4.23. The van der Waals surface area contributed by atoms with Gasteiger partial charge in [-0.2, -0.15) is 0 Å². The maximum Gasteiger partial charge on any atom is 0.252 e. The molecular formula is C18H26N2O. The Balaban J connectivity index is 1.69. The molecule has 2 fully saturated rings. The third-order valence-corrected chi connectivity index (χ3v) is 5.19. The topological polar surface area (TPSA) is 41.1 Å². The summed E-state index contributed by atoms with van der Waals surface area (Å²) in [6, 6.07) is 4.54. The fourth-order valence-corrected chi connectivity index (χ4v) is 4.23. The molecule has 1 amide bonds. The Morgan fingerprint density at radius 3 is 2.48 bits per heavy atom. The highest BCUT2D eigenvalue weighted by molar-refractivity contribution is 5.97. The monoisotopic (exact) mass is 286 g/mol. The largest absolute Gasteiger partial charge is 0.349 e. The normalized spacial score (nSPS) is 28.2. The molecule has 1 aliphatic carbocycles. The second-order valence-corrected chi connectivity index (χ2v) is 6.94. The van der Waals surface area contributed by atoms with Gasteiger partial charge in [-0.1, -0.05) is 17.7 Å². The molecule has 1 heterocycles. The molecule has 3 nitrogen and oxygen atoms in total. The lowest BCUT2D eigenvalue weighted by molar-refractivity contribution is 0.0912. The van der Waals surface area contributed by atoms with Gasteiger partial charge in [-0.15, -0.1) is 0 Å². The van der Waals surface area contributed by atoms with E-state index in [-0.39, 0.29) is 5.91 Å². The third kappa shape index (κ3) is 2.98. The van der Waals surface area contributed by atoms with E-state index in [0.717, 1.165) is 47.9 Å². The molecule has 3 heteroatoms. The van der Waals surface area contributed by atoms with Crippen LogP contribution in [-0.4, -0.2) is 25.0 Å². The van der Waals surface area contributed by atoms with Crippen molar-refractivity contribution < 1.29 is 4.79 Å². The minimum Gasteiger partial charge on any atom is -0.349 e. The molecule has 114 valence electrons. The van der Waals surface area contributed by atoms with Crippen molar-refractivity contribution in [3.05, 3.63) is 34.4 Å². The summed E-state index contributed by atoms with van der Waals surface area (Å²) in [5, 5.41) is 6.76. The van der Waals surface area contributed by atoms with Gasteiger partial charge in [0.25, 0.3) is 5.91 Å². The molecule has 0 radical (unpaired) electrons. The lowest BCUT2D eigenvalue weighted by Crippen LogP contribution is -2.41. The first-order valence-corrected chi connectivity index (χ1v) is 8.14. The van der Waals surface area contributed by atoms with E-state index in [9.17, 15) is 4.79 Å². The zero-order valence-electron chi connectivity index (χ0n) is 13.3. The smallest absolute Gasteiger partial charge is 0.252 e. The van der Waals surface area contributed by atoms with Crippen LogP contribution in [0.25, 0.3) is 0 Å². The van der Waals surface area contributed by atoms with Gasteiger partial charge in [0.1, 0.15) is 0 Å². The summed E-state index contributed by atoms with van der Waals surface area (Å²) < 4.78 is 0. The molecule has 3 atom stereocenters. The number of nitrogens with one attached hydrogen (secondary N) is 2. The standard InChI is InChI=1S/C18H26N2O/c1-11-6-12(2)17(13(3)7-11)18(21)20-16-5-4-14-9-19-10-15(14)8-16/h6-7,14-16,19H,4-5,8-10H2,1-3H3,(H,20,21)/t14-,15+,16?/m0/s1. The third-order valence-electron chi connectivity index (χ3n) is 5.19. The summed E-state index contributed by atoms with van der Waals surface area (Å²) >= 11 is 0. The summed E-state index contributed by atoms with van der Waals surface area (Å²) in [4.78, 5) is 12.6. The predicted octanol–water partition coefficient (Wildman–Crippen LogP) is 2.73. The van der Waals surface area contributed by atoms with Crippen molar-refractivity contribution in [1.82, 2.24) is 10.6 Å². The fraction of sp³-hybridized carbons (Fsp3) is 0.611. The molecule has 3 rings (SSSR count). The van der Waals surface area contributed by atoms with Crippen molar-refractivity contribution in [3.8, 4) is 0 Å². The van der Waals surface area contributed by atoms with Gasteiger partial charge in [0, 0.05) is 11.6 Å². The van der Waals surface area contributed by atoms with Crippen LogP contribution in [0.5, 0.6) is 0 Å². The Morgan fingerprint density at radius 2 is 1.76 bits per heavy atom. The van der Waals surface area contributed by atoms with Crippen molar-refractivity contribution >= 4 is 5.91 Å². The van der Waals surface area contributed by atoms with Gasteiger partial charge in [0.2, 0.25) is 0 Å². The average molecular weight is 286 g/mol. The zero-order chi connectivity index (χ0) is 15.0. The molecule has 1 aromatic rings. The Hall–Kier alpha value is -1.35. The zero-order valence-corrected chi connectivity index (χ0v) is 13.3. The van der Waals surface area contributed by atoms with Gasteiger partial charge >= 0.3 is 0 Å². The van der Waals surface area contributed by atoms with Crippen LogP contribution in [0.1, 0.15) is 46.3 Å². The highest BCUT2D eigenvalue weighted by Crippen LogP contribution is 2.32. The first-order chi connectivity index (χ1) is 10.0. The van der Waals surface area contributed by atoms with E-state index >= 15 is 0 Å². The van der Waals surface area contributed by atoms with Crippen LogP contribution < -0.4 is 10.6 Å². The number of fused-ring (bicyclic) bond motifs is 1. The van der Waals surface area contributed by atoms with Gasteiger partial charge in [0.05, 0.1) is 0 Å². The van der Waals surface area contributed by atoms with Crippen molar-refractivity contribution in [2.45, 2.75) is 46.1 Å². The molecule has 2 N–H and O–H groups in total. The lowest BCUT2D eigenvalue weighted by Gasteiger charge is -2.31. The number of hydrogen-bond acceptors (Lipinski definition) is 2. The van der Waals surface area contributed by atoms with Crippen molar-refractivity contribution in [3.63, 3.8) is 0 Å². The molecule has 21 heavy (non-hydrogen) atoms. The number of carbonyl (C=O) groups is 1. The maximum atomic E-state index is 12.6. The number of benzene rings is 1. The van der Waals surface area contributed by atoms with Crippen LogP contribution in [-0.2, 0) is 0 Å². The van der Waals surface area contributed by atoms with Crippen LogP contribution in [0.2, 0.25) is 0 Å². The number of hydrogen-bond donors (Lipinski definition) is 2. The highest BCUT2D eigenvalue weighted by Gasteiger charge is 2.34. The summed E-state index contributed by atoms with van der Waals surface area (Å²) in [6.07, 6.45) is 3.50. The van der Waals surface area contributed by atoms with Crippen LogP contribution in [0, 0.1) is 32.6 Å². The van der Waals surface area contributed by atoms with Crippen LogP contribution in [0.15, 0.2) is 12.1 Å². The first-order valence-electron chi connectivity index (χ1n) is 8.14. The van der Waals surface area contributed by atoms with E-state index in [1.54, 1.807) is 0 Å². The Bertz CT molecular complexity index is 529. The average Bonchev–Trinajstić information content (AvgIpc) is 2.84. The molecule has 1 saturated carbocycles. The summed E-state index contributed by atoms with van der Waals surface area (Å²) in [5.74, 6) is 1.70. The predicted molar refractivity (Wildman–Crippen MR) is 85.6 cm³/mol. The van der Waals surface area contributed by atoms with E-state index < -0.39 is 0 Å². The Morgan fingerprint density at radius 1 is 1.10 bits per heavy atom. The lowest BCUT2D eigenvalue weighted by atomic mass is 9.79. The molecule has 0 spiro atoms. The Kier molecular flexibility index (Phi) is 4.03. The summed E-state index contributed by atoms with van der Waals surface area (Å²) in [7, 11) is 0. The summed E-state index contributed by atoms with van der Waals surface area (Å²) in [6.45, 7) is 8.44.